The van der Waals surface area contributed by atoms with Crippen molar-refractivity contribution in [3.05, 3.63) is 46.9 Å². The maximum atomic E-state index is 13.6. The van der Waals surface area contributed by atoms with E-state index in [1.807, 2.05) is 13.8 Å². The van der Waals surface area contributed by atoms with Crippen molar-refractivity contribution in [2.24, 2.45) is 5.92 Å². The van der Waals surface area contributed by atoms with Crippen LogP contribution in [0.4, 0.5) is 14.6 Å². The Morgan fingerprint density at radius 1 is 1.14 bits per heavy atom. The minimum Gasteiger partial charge on any atom is -0.330 e. The topological polar surface area (TPSA) is 50.2 Å². The number of nitrogens with one attached hydrogen (secondary N) is 1. The Morgan fingerprint density at radius 2 is 1.86 bits per heavy atom. The molecule has 0 saturated carbocycles. The van der Waals surface area contributed by atoms with Crippen LogP contribution in [-0.4, -0.2) is 35.1 Å². The van der Waals surface area contributed by atoms with E-state index in [2.05, 4.69) is 37.7 Å². The zero-order valence-electron chi connectivity index (χ0n) is 23.2. The first-order valence-electron chi connectivity index (χ1n) is 13.8. The lowest BCUT2D eigenvalue weighted by Crippen LogP contribution is -2.33. The first kappa shape index (κ1) is 29.9. The van der Waals surface area contributed by atoms with Crippen LogP contribution in [0.25, 0.3) is 0 Å². The van der Waals surface area contributed by atoms with Gasteiger partial charge in [-0.05, 0) is 63.8 Å². The highest BCUT2D eigenvalue weighted by atomic mass is 19.2. The van der Waals surface area contributed by atoms with Gasteiger partial charge >= 0.3 is 0 Å². The summed E-state index contributed by atoms with van der Waals surface area (Å²) in [7, 11) is 2.08. The average Bonchev–Trinajstić information content (AvgIpc) is 3.22. The molecule has 2 aromatic rings. The SMILES string of the molecule is CCCCC(NC)C(C)CC.CCCCN(C(=O)c1ccc(F)c(F)c1)c1nc2n(c1C)CCCC2. The Kier molecular flexibility index (Phi) is 12.5. The quantitative estimate of drug-likeness (QED) is 0.356. The molecule has 1 amide bonds. The number of benzene rings is 1. The van der Waals surface area contributed by atoms with Crippen molar-refractivity contribution in [3.8, 4) is 0 Å². The number of anilines is 1. The number of halogens is 2. The minimum absolute atomic E-state index is 0.139. The second-order valence-electron chi connectivity index (χ2n) is 9.91. The molecule has 0 saturated heterocycles. The van der Waals surface area contributed by atoms with Gasteiger partial charge in [-0.1, -0.05) is 53.4 Å². The number of unbranched alkanes of at least 4 members (excludes halogenated alkanes) is 2. The molecule has 2 heterocycles. The Balaban J connectivity index is 0.000000352. The fourth-order valence-electron chi connectivity index (χ4n) is 4.70. The number of fused-ring (bicyclic) bond motifs is 1. The van der Waals surface area contributed by atoms with Gasteiger partial charge in [0.25, 0.3) is 5.91 Å². The van der Waals surface area contributed by atoms with E-state index in [1.165, 1.54) is 31.7 Å². The van der Waals surface area contributed by atoms with E-state index >= 15 is 0 Å². The van der Waals surface area contributed by atoms with Crippen molar-refractivity contribution in [2.75, 3.05) is 18.5 Å². The predicted octanol–water partition coefficient (Wildman–Crippen LogP) is 7.06. The Hall–Kier alpha value is -2.28. The van der Waals surface area contributed by atoms with Crippen LogP contribution in [-0.2, 0) is 13.0 Å². The number of hydrogen-bond donors (Lipinski definition) is 1. The second-order valence-corrected chi connectivity index (χ2v) is 9.91. The fourth-order valence-corrected chi connectivity index (χ4v) is 4.70. The maximum absolute atomic E-state index is 13.6. The standard InChI is InChI=1S/C19H23F2N3O.C10H23N/c1-3-4-10-24(19(25)14-8-9-15(20)16(21)12-14)18-13(2)23-11-6-5-7-17(23)22-18;1-5-7-8-10(11-4)9(3)6-2/h8-9,12H,3-7,10-11H2,1-2H3;9-11H,5-8H2,1-4H3. The highest BCUT2D eigenvalue weighted by Gasteiger charge is 2.26. The lowest BCUT2D eigenvalue weighted by Gasteiger charge is -2.22. The molecule has 202 valence electrons. The normalized spacial score (nSPS) is 14.4. The zero-order valence-corrected chi connectivity index (χ0v) is 23.2. The van der Waals surface area contributed by atoms with Crippen LogP contribution < -0.4 is 10.2 Å². The molecule has 2 atom stereocenters. The largest absolute Gasteiger partial charge is 0.330 e. The summed E-state index contributed by atoms with van der Waals surface area (Å²) in [5.74, 6) is 0.156. The van der Waals surface area contributed by atoms with Crippen molar-refractivity contribution in [1.29, 1.82) is 0 Å². The molecule has 7 heteroatoms. The Bertz CT molecular complexity index is 959. The van der Waals surface area contributed by atoms with E-state index in [4.69, 9.17) is 4.98 Å². The van der Waals surface area contributed by atoms with Gasteiger partial charge in [0.1, 0.15) is 5.82 Å². The van der Waals surface area contributed by atoms with Gasteiger partial charge in [-0.2, -0.15) is 0 Å². The summed E-state index contributed by atoms with van der Waals surface area (Å²) in [6.45, 7) is 12.3. The summed E-state index contributed by atoms with van der Waals surface area (Å²) in [6.07, 6.45) is 10.1. The summed E-state index contributed by atoms with van der Waals surface area (Å²) in [5.41, 5.74) is 1.10. The van der Waals surface area contributed by atoms with E-state index in [9.17, 15) is 13.6 Å². The maximum Gasteiger partial charge on any atom is 0.259 e. The summed E-state index contributed by atoms with van der Waals surface area (Å²) in [4.78, 5) is 19.3. The lowest BCUT2D eigenvalue weighted by atomic mass is 9.95. The van der Waals surface area contributed by atoms with Gasteiger partial charge in [-0.15, -0.1) is 0 Å². The van der Waals surface area contributed by atoms with E-state index in [-0.39, 0.29) is 11.5 Å². The molecular weight excluding hydrogens is 458 g/mol. The van der Waals surface area contributed by atoms with Gasteiger partial charge in [0.15, 0.2) is 17.5 Å². The molecule has 0 spiro atoms. The van der Waals surface area contributed by atoms with Crippen molar-refractivity contribution in [1.82, 2.24) is 14.9 Å². The number of amides is 1. The molecule has 0 radical (unpaired) electrons. The molecule has 1 aliphatic heterocycles. The number of aromatic nitrogens is 2. The molecule has 36 heavy (non-hydrogen) atoms. The van der Waals surface area contributed by atoms with Crippen LogP contribution in [0, 0.1) is 24.5 Å². The summed E-state index contributed by atoms with van der Waals surface area (Å²) in [5, 5.41) is 3.39. The third-order valence-electron chi connectivity index (χ3n) is 7.28. The molecule has 1 aromatic carbocycles. The van der Waals surface area contributed by atoms with Gasteiger partial charge in [0.2, 0.25) is 0 Å². The smallest absolute Gasteiger partial charge is 0.259 e. The molecule has 1 N–H and O–H groups in total. The Labute approximate surface area is 216 Å². The van der Waals surface area contributed by atoms with Crippen molar-refractivity contribution in [3.63, 3.8) is 0 Å². The van der Waals surface area contributed by atoms with Crippen LogP contribution in [0.15, 0.2) is 18.2 Å². The van der Waals surface area contributed by atoms with E-state index in [1.54, 1.807) is 4.90 Å². The number of nitrogens with zero attached hydrogens (tertiary/aromatic N) is 3. The van der Waals surface area contributed by atoms with E-state index < -0.39 is 11.6 Å². The summed E-state index contributed by atoms with van der Waals surface area (Å²) in [6, 6.07) is 4.01. The first-order chi connectivity index (χ1) is 17.3. The van der Waals surface area contributed by atoms with Crippen LogP contribution in [0.2, 0.25) is 0 Å². The minimum atomic E-state index is -1.01. The molecule has 3 rings (SSSR count). The number of hydrogen-bond acceptors (Lipinski definition) is 3. The van der Waals surface area contributed by atoms with Gasteiger partial charge in [0.05, 0.1) is 5.69 Å². The zero-order chi connectivity index (χ0) is 26.7. The highest BCUT2D eigenvalue weighted by Crippen LogP contribution is 2.27. The molecule has 1 aliphatic rings. The van der Waals surface area contributed by atoms with Gasteiger partial charge in [-0.25, -0.2) is 13.8 Å². The number of rotatable bonds is 11. The molecule has 0 bridgehead atoms. The third kappa shape index (κ3) is 7.86. The predicted molar refractivity (Wildman–Crippen MR) is 145 cm³/mol. The van der Waals surface area contributed by atoms with E-state index in [0.29, 0.717) is 12.4 Å². The molecule has 0 fully saturated rings. The first-order valence-corrected chi connectivity index (χ1v) is 13.8. The van der Waals surface area contributed by atoms with E-state index in [0.717, 1.165) is 74.3 Å². The van der Waals surface area contributed by atoms with Crippen molar-refractivity contribution >= 4 is 11.7 Å². The lowest BCUT2D eigenvalue weighted by molar-refractivity contribution is 0.0985. The van der Waals surface area contributed by atoms with Crippen LogP contribution >= 0.6 is 0 Å². The van der Waals surface area contributed by atoms with Gasteiger partial charge in [-0.3, -0.25) is 9.69 Å². The molecule has 0 aliphatic carbocycles. The van der Waals surface area contributed by atoms with Gasteiger partial charge in [0, 0.05) is 31.1 Å². The summed E-state index contributed by atoms with van der Waals surface area (Å²) >= 11 is 0. The Morgan fingerprint density at radius 3 is 2.44 bits per heavy atom. The van der Waals surface area contributed by atoms with Crippen LogP contribution in [0.3, 0.4) is 0 Å². The van der Waals surface area contributed by atoms with Crippen molar-refractivity contribution in [2.45, 2.75) is 105 Å². The second kappa shape index (κ2) is 15.1. The molecular formula is C29H46F2N4O. The fraction of sp³-hybridized carbons (Fsp3) is 0.655. The number of carbonyl (C=O) groups is 1. The molecule has 1 aromatic heterocycles. The number of imidazole rings is 1. The van der Waals surface area contributed by atoms with Crippen molar-refractivity contribution < 1.29 is 13.6 Å². The van der Waals surface area contributed by atoms with Gasteiger partial charge < -0.3 is 9.88 Å². The molecule has 2 unspecified atom stereocenters. The number of carbonyl (C=O) groups excluding carboxylic acids is 1. The average molecular weight is 505 g/mol. The summed E-state index contributed by atoms with van der Waals surface area (Å²) < 4.78 is 28.9. The number of aryl methyl sites for hydroxylation is 1. The molecule has 5 nitrogen and oxygen atoms in total. The highest BCUT2D eigenvalue weighted by molar-refractivity contribution is 6.05. The third-order valence-corrected chi connectivity index (χ3v) is 7.28. The monoisotopic (exact) mass is 504 g/mol. The van der Waals surface area contributed by atoms with Crippen LogP contribution in [0.5, 0.6) is 0 Å². The van der Waals surface area contributed by atoms with Crippen LogP contribution in [0.1, 0.15) is 101 Å².